The number of pyridine rings is 1. The minimum absolute atomic E-state index is 0.626. The fraction of sp³-hybridized carbons (Fsp3) is 0.273. The fourth-order valence-electron chi connectivity index (χ4n) is 1.51. The summed E-state index contributed by atoms with van der Waals surface area (Å²) < 4.78 is 11.8. The Kier molecular flexibility index (Phi) is 4.40. The first-order valence-corrected chi connectivity index (χ1v) is 7.46. The van der Waals surface area contributed by atoms with Crippen molar-refractivity contribution in [2.45, 2.75) is 17.6 Å². The van der Waals surface area contributed by atoms with Crippen molar-refractivity contribution in [1.29, 1.82) is 0 Å². The Balaban J connectivity index is 1.91. The van der Waals surface area contributed by atoms with Gasteiger partial charge in [-0.3, -0.25) is 4.98 Å². The summed E-state index contributed by atoms with van der Waals surface area (Å²) in [7, 11) is -1.45. The van der Waals surface area contributed by atoms with E-state index in [2.05, 4.69) is 15.3 Å². The zero-order valence-electron chi connectivity index (χ0n) is 9.92. The number of hydrogen-bond donors (Lipinski definition) is 2. The predicted octanol–water partition coefficient (Wildman–Crippen LogP) is 1.48. The third-order valence-corrected chi connectivity index (χ3v) is 4.69. The van der Waals surface area contributed by atoms with Crippen LogP contribution in [-0.4, -0.2) is 20.7 Å². The van der Waals surface area contributed by atoms with Crippen molar-refractivity contribution in [2.75, 3.05) is 11.9 Å². The molecule has 3 N–H and O–H groups in total. The van der Waals surface area contributed by atoms with Gasteiger partial charge in [0, 0.05) is 18.9 Å². The van der Waals surface area contributed by atoms with Crippen molar-refractivity contribution >= 4 is 27.5 Å². The first-order valence-electron chi connectivity index (χ1n) is 5.43. The zero-order chi connectivity index (χ0) is 13.0. The van der Waals surface area contributed by atoms with Crippen LogP contribution in [0.2, 0.25) is 0 Å². The number of hydrogen-bond acceptors (Lipinski definition) is 5. The summed E-state index contributed by atoms with van der Waals surface area (Å²) in [6.45, 7) is 2.58. The summed E-state index contributed by atoms with van der Waals surface area (Å²) >= 11 is 1.34. The summed E-state index contributed by atoms with van der Waals surface area (Å²) in [5.41, 5.74) is 1.95. The van der Waals surface area contributed by atoms with E-state index in [0.717, 1.165) is 23.8 Å². The van der Waals surface area contributed by atoms with Crippen LogP contribution in [0.1, 0.15) is 11.3 Å². The summed E-state index contributed by atoms with van der Waals surface area (Å²) in [5, 5.41) is 9.32. The molecule has 18 heavy (non-hydrogen) atoms. The van der Waals surface area contributed by atoms with Crippen LogP contribution in [0.3, 0.4) is 0 Å². The highest BCUT2D eigenvalue weighted by molar-refractivity contribution is 7.85. The lowest BCUT2D eigenvalue weighted by atomic mass is 10.2. The maximum Gasteiger partial charge on any atom is 0.184 e. The first kappa shape index (κ1) is 13.1. The van der Waals surface area contributed by atoms with E-state index >= 15 is 0 Å². The van der Waals surface area contributed by atoms with E-state index in [1.165, 1.54) is 16.9 Å². The van der Waals surface area contributed by atoms with Crippen LogP contribution in [0.15, 0.2) is 28.7 Å². The Labute approximate surface area is 112 Å². The lowest BCUT2D eigenvalue weighted by molar-refractivity contribution is 0.685. The van der Waals surface area contributed by atoms with E-state index in [1.807, 2.05) is 19.1 Å². The van der Waals surface area contributed by atoms with Gasteiger partial charge in [0.2, 0.25) is 0 Å². The first-order chi connectivity index (χ1) is 8.66. The highest BCUT2D eigenvalue weighted by Crippen LogP contribution is 2.24. The van der Waals surface area contributed by atoms with Gasteiger partial charge in [-0.05, 0) is 31.0 Å². The Bertz CT molecular complexity index is 541. The van der Waals surface area contributed by atoms with E-state index < -0.39 is 11.0 Å². The molecular formula is C11H14N4OS2. The zero-order valence-corrected chi connectivity index (χ0v) is 11.6. The van der Waals surface area contributed by atoms with E-state index in [1.54, 1.807) is 12.4 Å². The second-order valence-corrected chi connectivity index (χ2v) is 5.98. The Hall–Kier alpha value is -1.31. The van der Waals surface area contributed by atoms with Crippen molar-refractivity contribution < 1.29 is 4.21 Å². The molecular weight excluding hydrogens is 268 g/mol. The lowest BCUT2D eigenvalue weighted by Crippen LogP contribution is -2.04. The molecule has 0 saturated carbocycles. The summed E-state index contributed by atoms with van der Waals surface area (Å²) in [6.07, 6.45) is 4.44. The molecule has 0 bridgehead atoms. The molecule has 5 nitrogen and oxygen atoms in total. The maximum atomic E-state index is 11.2. The van der Waals surface area contributed by atoms with Gasteiger partial charge in [0.25, 0.3) is 0 Å². The lowest BCUT2D eigenvalue weighted by Gasteiger charge is -2.02. The largest absolute Gasteiger partial charge is 0.361 e. The molecule has 1 unspecified atom stereocenters. The second kappa shape index (κ2) is 6.03. The molecule has 0 aliphatic carbocycles. The number of aromatic nitrogens is 2. The highest BCUT2D eigenvalue weighted by atomic mass is 32.2. The van der Waals surface area contributed by atoms with Crippen molar-refractivity contribution in [1.82, 2.24) is 9.97 Å². The van der Waals surface area contributed by atoms with E-state index in [4.69, 9.17) is 5.14 Å². The van der Waals surface area contributed by atoms with Crippen LogP contribution in [-0.2, 0) is 17.4 Å². The number of nitrogens with zero attached hydrogens (tertiary/aromatic N) is 2. The number of anilines is 1. The van der Waals surface area contributed by atoms with Gasteiger partial charge in [0.05, 0.1) is 5.69 Å². The van der Waals surface area contributed by atoms with Crippen molar-refractivity contribution in [2.24, 2.45) is 5.14 Å². The van der Waals surface area contributed by atoms with Gasteiger partial charge in [-0.2, -0.15) is 0 Å². The van der Waals surface area contributed by atoms with Gasteiger partial charge in [-0.15, -0.1) is 0 Å². The molecule has 0 saturated heterocycles. The van der Waals surface area contributed by atoms with Crippen LogP contribution in [0.25, 0.3) is 0 Å². The summed E-state index contributed by atoms with van der Waals surface area (Å²) in [4.78, 5) is 8.25. The van der Waals surface area contributed by atoms with E-state index in [0.29, 0.717) is 4.21 Å². The number of rotatable bonds is 5. The van der Waals surface area contributed by atoms with Crippen molar-refractivity contribution in [3.8, 4) is 0 Å². The van der Waals surface area contributed by atoms with E-state index in [-0.39, 0.29) is 0 Å². The van der Waals surface area contributed by atoms with Gasteiger partial charge >= 0.3 is 0 Å². The molecule has 2 aromatic heterocycles. The molecule has 0 amide bonds. The number of nitrogens with one attached hydrogen (secondary N) is 1. The normalized spacial score (nSPS) is 12.3. The van der Waals surface area contributed by atoms with Gasteiger partial charge in [0.15, 0.2) is 5.13 Å². The van der Waals surface area contributed by atoms with Gasteiger partial charge < -0.3 is 5.32 Å². The third-order valence-electron chi connectivity index (χ3n) is 2.38. The molecule has 0 aliphatic rings. The van der Waals surface area contributed by atoms with Crippen LogP contribution in [0.4, 0.5) is 5.13 Å². The fourth-order valence-corrected chi connectivity index (χ4v) is 3.14. The molecule has 7 heteroatoms. The topological polar surface area (TPSA) is 80.9 Å². The molecule has 2 heterocycles. The third kappa shape index (κ3) is 3.34. The minimum Gasteiger partial charge on any atom is -0.361 e. The molecule has 96 valence electrons. The van der Waals surface area contributed by atoms with Crippen LogP contribution >= 0.6 is 11.3 Å². The number of nitrogens with two attached hydrogens (primary N) is 1. The predicted molar refractivity (Wildman–Crippen MR) is 73.9 cm³/mol. The SMILES string of the molecule is Cc1nc(NCCc2ccncc2)sc1S(N)=O. The minimum atomic E-state index is -1.45. The molecule has 0 spiro atoms. The Morgan fingerprint density at radius 3 is 2.78 bits per heavy atom. The van der Waals surface area contributed by atoms with Crippen LogP contribution in [0.5, 0.6) is 0 Å². The molecule has 2 rings (SSSR count). The molecule has 1 atom stereocenters. The Morgan fingerprint density at radius 2 is 2.17 bits per heavy atom. The maximum absolute atomic E-state index is 11.2. The van der Waals surface area contributed by atoms with Gasteiger partial charge in [0.1, 0.15) is 15.2 Å². The van der Waals surface area contributed by atoms with Crippen LogP contribution < -0.4 is 10.5 Å². The summed E-state index contributed by atoms with van der Waals surface area (Å²) in [6, 6.07) is 3.96. The molecule has 0 aromatic carbocycles. The molecule has 0 aliphatic heterocycles. The smallest absolute Gasteiger partial charge is 0.184 e. The summed E-state index contributed by atoms with van der Waals surface area (Å²) in [5.74, 6) is 0. The van der Waals surface area contributed by atoms with Crippen molar-refractivity contribution in [3.63, 3.8) is 0 Å². The number of thiazole rings is 1. The average molecular weight is 282 g/mol. The van der Waals surface area contributed by atoms with Crippen LogP contribution in [0, 0.1) is 6.92 Å². The van der Waals surface area contributed by atoms with Gasteiger partial charge in [-0.25, -0.2) is 14.3 Å². The van der Waals surface area contributed by atoms with Crippen molar-refractivity contribution in [3.05, 3.63) is 35.8 Å². The second-order valence-electron chi connectivity index (χ2n) is 3.72. The number of aryl methyl sites for hydroxylation is 1. The van der Waals surface area contributed by atoms with E-state index in [9.17, 15) is 4.21 Å². The molecule has 0 radical (unpaired) electrons. The monoisotopic (exact) mass is 282 g/mol. The average Bonchev–Trinajstić information content (AvgIpc) is 2.72. The quantitative estimate of drug-likeness (QED) is 0.870. The standard InChI is InChI=1S/C11H14N4OS2/c1-8-10(18(12)16)17-11(15-8)14-7-4-9-2-5-13-6-3-9/h2-3,5-6H,4,7,12H2,1H3,(H,14,15). The molecule has 0 fully saturated rings. The molecule has 2 aromatic rings. The van der Waals surface area contributed by atoms with Gasteiger partial charge in [-0.1, -0.05) is 11.3 Å². The highest BCUT2D eigenvalue weighted by Gasteiger charge is 2.10. The Morgan fingerprint density at radius 1 is 1.44 bits per heavy atom.